The first kappa shape index (κ1) is 13.8. The number of rotatable bonds is 4. The zero-order valence-corrected chi connectivity index (χ0v) is 11.5. The van der Waals surface area contributed by atoms with E-state index in [4.69, 9.17) is 5.11 Å². The highest BCUT2D eigenvalue weighted by Crippen LogP contribution is 2.32. The van der Waals surface area contributed by atoms with Gasteiger partial charge in [0.1, 0.15) is 0 Å². The molecular weight excluding hydrogens is 228 g/mol. The minimum absolute atomic E-state index is 0.208. The molecule has 2 N–H and O–H groups in total. The summed E-state index contributed by atoms with van der Waals surface area (Å²) in [5.74, 6) is 0.329. The first-order valence-corrected chi connectivity index (χ1v) is 7.30. The predicted molar refractivity (Wildman–Crippen MR) is 71.3 cm³/mol. The molecule has 18 heavy (non-hydrogen) atoms. The quantitative estimate of drug-likeness (QED) is 0.791. The third kappa shape index (κ3) is 2.86. The summed E-state index contributed by atoms with van der Waals surface area (Å²) in [7, 11) is 0. The lowest BCUT2D eigenvalue weighted by Crippen LogP contribution is -2.51. The molecule has 0 aromatic rings. The van der Waals surface area contributed by atoms with Crippen molar-refractivity contribution in [2.24, 2.45) is 5.41 Å². The summed E-state index contributed by atoms with van der Waals surface area (Å²) in [4.78, 5) is 14.8. The molecule has 2 heterocycles. The summed E-state index contributed by atoms with van der Waals surface area (Å²) in [5, 5.41) is 12.3. The SMILES string of the molecule is CC1(C(=O)N2CCCC2CCCO)CCCNC1. The summed E-state index contributed by atoms with van der Waals surface area (Å²) in [6.07, 6.45) is 6.08. The number of nitrogens with one attached hydrogen (secondary N) is 1. The molecule has 0 bridgehead atoms. The van der Waals surface area contributed by atoms with Crippen LogP contribution in [-0.2, 0) is 4.79 Å². The molecule has 2 saturated heterocycles. The van der Waals surface area contributed by atoms with Crippen LogP contribution in [0.5, 0.6) is 0 Å². The molecule has 0 aromatic heterocycles. The normalized spacial score (nSPS) is 32.8. The number of hydrogen-bond donors (Lipinski definition) is 2. The third-order valence-electron chi connectivity index (χ3n) is 4.45. The van der Waals surface area contributed by atoms with Gasteiger partial charge in [-0.1, -0.05) is 0 Å². The molecule has 2 fully saturated rings. The molecule has 104 valence electrons. The van der Waals surface area contributed by atoms with Crippen molar-refractivity contribution in [3.63, 3.8) is 0 Å². The van der Waals surface area contributed by atoms with E-state index in [1.165, 1.54) is 0 Å². The summed E-state index contributed by atoms with van der Waals surface area (Å²) in [5.41, 5.74) is -0.208. The molecule has 2 unspecified atom stereocenters. The lowest BCUT2D eigenvalue weighted by atomic mass is 9.81. The van der Waals surface area contributed by atoms with Gasteiger partial charge in [0.05, 0.1) is 5.41 Å². The molecule has 4 nitrogen and oxygen atoms in total. The second-order valence-corrected chi connectivity index (χ2v) is 6.00. The van der Waals surface area contributed by atoms with Crippen LogP contribution in [0, 0.1) is 5.41 Å². The third-order valence-corrected chi connectivity index (χ3v) is 4.45. The van der Waals surface area contributed by atoms with E-state index in [2.05, 4.69) is 17.1 Å². The molecule has 4 heteroatoms. The Morgan fingerprint density at radius 1 is 1.50 bits per heavy atom. The first-order chi connectivity index (χ1) is 8.67. The molecule has 2 aliphatic rings. The number of nitrogens with zero attached hydrogens (tertiary/aromatic N) is 1. The van der Waals surface area contributed by atoms with Crippen molar-refractivity contribution in [3.8, 4) is 0 Å². The van der Waals surface area contributed by atoms with Gasteiger partial charge >= 0.3 is 0 Å². The Morgan fingerprint density at radius 2 is 2.33 bits per heavy atom. The maximum absolute atomic E-state index is 12.7. The molecule has 0 spiro atoms. The monoisotopic (exact) mass is 254 g/mol. The van der Waals surface area contributed by atoms with Gasteiger partial charge in [0.2, 0.25) is 5.91 Å². The van der Waals surface area contributed by atoms with Gasteiger partial charge < -0.3 is 15.3 Å². The number of aliphatic hydroxyl groups excluding tert-OH is 1. The van der Waals surface area contributed by atoms with Crippen LogP contribution in [0.15, 0.2) is 0 Å². The maximum atomic E-state index is 12.7. The predicted octanol–water partition coefficient (Wildman–Crippen LogP) is 1.14. The van der Waals surface area contributed by atoms with Crippen LogP contribution in [0.2, 0.25) is 0 Å². The van der Waals surface area contributed by atoms with Crippen molar-refractivity contribution in [2.75, 3.05) is 26.2 Å². The number of likely N-dealkylation sites (tertiary alicyclic amines) is 1. The second kappa shape index (κ2) is 6.02. The van der Waals surface area contributed by atoms with Gasteiger partial charge in [-0.3, -0.25) is 4.79 Å². The highest BCUT2D eigenvalue weighted by molar-refractivity contribution is 5.83. The number of aliphatic hydroxyl groups is 1. The van der Waals surface area contributed by atoms with Crippen molar-refractivity contribution in [1.82, 2.24) is 10.2 Å². The van der Waals surface area contributed by atoms with E-state index in [9.17, 15) is 4.79 Å². The molecule has 2 aliphatic heterocycles. The van der Waals surface area contributed by atoms with E-state index in [1.807, 2.05) is 0 Å². The van der Waals surface area contributed by atoms with E-state index < -0.39 is 0 Å². The lowest BCUT2D eigenvalue weighted by Gasteiger charge is -2.38. The summed E-state index contributed by atoms with van der Waals surface area (Å²) in [6.45, 7) is 5.09. The van der Waals surface area contributed by atoms with Crippen LogP contribution in [0.25, 0.3) is 0 Å². The summed E-state index contributed by atoms with van der Waals surface area (Å²) < 4.78 is 0. The minimum Gasteiger partial charge on any atom is -0.396 e. The fourth-order valence-corrected chi connectivity index (χ4v) is 3.32. The topological polar surface area (TPSA) is 52.6 Å². The number of piperidine rings is 1. The zero-order valence-electron chi connectivity index (χ0n) is 11.5. The van der Waals surface area contributed by atoms with Crippen LogP contribution < -0.4 is 5.32 Å². The van der Waals surface area contributed by atoms with Crippen molar-refractivity contribution in [2.45, 2.75) is 51.5 Å². The Labute approximate surface area is 110 Å². The summed E-state index contributed by atoms with van der Waals surface area (Å²) in [6, 6.07) is 0.364. The smallest absolute Gasteiger partial charge is 0.230 e. The highest BCUT2D eigenvalue weighted by Gasteiger charge is 2.41. The molecule has 2 atom stereocenters. The van der Waals surface area contributed by atoms with Crippen molar-refractivity contribution in [1.29, 1.82) is 0 Å². The number of amides is 1. The molecule has 0 radical (unpaired) electrons. The highest BCUT2D eigenvalue weighted by atomic mass is 16.3. The van der Waals surface area contributed by atoms with Crippen LogP contribution >= 0.6 is 0 Å². The Balaban J connectivity index is 1.98. The number of carbonyl (C=O) groups excluding carboxylic acids is 1. The molecule has 0 saturated carbocycles. The van der Waals surface area contributed by atoms with E-state index in [1.54, 1.807) is 0 Å². The van der Waals surface area contributed by atoms with Gasteiger partial charge in [-0.2, -0.15) is 0 Å². The maximum Gasteiger partial charge on any atom is 0.230 e. The van der Waals surface area contributed by atoms with Crippen LogP contribution in [-0.4, -0.2) is 48.2 Å². The Kier molecular flexibility index (Phi) is 4.62. The van der Waals surface area contributed by atoms with Crippen molar-refractivity contribution in [3.05, 3.63) is 0 Å². The van der Waals surface area contributed by atoms with Crippen LogP contribution in [0.4, 0.5) is 0 Å². The molecular formula is C14H26N2O2. The molecule has 2 rings (SSSR count). The van der Waals surface area contributed by atoms with Crippen molar-refractivity contribution < 1.29 is 9.90 Å². The van der Waals surface area contributed by atoms with Crippen LogP contribution in [0.3, 0.4) is 0 Å². The Hall–Kier alpha value is -0.610. The molecule has 0 aliphatic carbocycles. The first-order valence-electron chi connectivity index (χ1n) is 7.30. The van der Waals surface area contributed by atoms with Gasteiger partial charge in [0, 0.05) is 25.7 Å². The Morgan fingerprint density at radius 3 is 3.00 bits per heavy atom. The van der Waals surface area contributed by atoms with Gasteiger partial charge in [0.25, 0.3) is 0 Å². The number of hydrogen-bond acceptors (Lipinski definition) is 3. The summed E-state index contributed by atoms with van der Waals surface area (Å²) >= 11 is 0. The average Bonchev–Trinajstić information content (AvgIpc) is 2.84. The van der Waals surface area contributed by atoms with Crippen LogP contribution in [0.1, 0.15) is 45.4 Å². The molecule has 1 amide bonds. The second-order valence-electron chi connectivity index (χ2n) is 6.00. The van der Waals surface area contributed by atoms with E-state index >= 15 is 0 Å². The average molecular weight is 254 g/mol. The van der Waals surface area contributed by atoms with E-state index in [0.717, 1.165) is 58.2 Å². The van der Waals surface area contributed by atoms with E-state index in [-0.39, 0.29) is 12.0 Å². The number of carbonyl (C=O) groups is 1. The van der Waals surface area contributed by atoms with Gasteiger partial charge in [-0.15, -0.1) is 0 Å². The fraction of sp³-hybridized carbons (Fsp3) is 0.929. The standard InChI is InChI=1S/C14H26N2O2/c1-14(7-4-8-15-11-14)13(18)16-9-2-5-12(16)6-3-10-17/h12,15,17H,2-11H2,1H3. The van der Waals surface area contributed by atoms with Crippen molar-refractivity contribution >= 4 is 5.91 Å². The fourth-order valence-electron chi connectivity index (χ4n) is 3.32. The van der Waals surface area contributed by atoms with E-state index in [0.29, 0.717) is 11.9 Å². The largest absolute Gasteiger partial charge is 0.396 e. The zero-order chi connectivity index (χ0) is 13.0. The van der Waals surface area contributed by atoms with Gasteiger partial charge in [-0.05, 0) is 52.0 Å². The van der Waals surface area contributed by atoms with Gasteiger partial charge in [0.15, 0.2) is 0 Å². The minimum atomic E-state index is -0.208. The Bertz CT molecular complexity index is 288. The lowest BCUT2D eigenvalue weighted by molar-refractivity contribution is -0.143. The molecule has 0 aromatic carbocycles. The van der Waals surface area contributed by atoms with Gasteiger partial charge in [-0.25, -0.2) is 0 Å².